The molecule has 0 aliphatic carbocycles. The molecule has 1 aliphatic heterocycles. The fourth-order valence-electron chi connectivity index (χ4n) is 3.04. The number of carbonyl (C=O) groups excluding carboxylic acids is 1. The van der Waals surface area contributed by atoms with Crippen LogP contribution in [0.2, 0.25) is 0 Å². The van der Waals surface area contributed by atoms with Crippen LogP contribution in [0.3, 0.4) is 0 Å². The number of hydrogen-bond donors (Lipinski definition) is 1. The zero-order chi connectivity index (χ0) is 15.9. The van der Waals surface area contributed by atoms with Crippen molar-refractivity contribution in [1.82, 2.24) is 15.1 Å². The van der Waals surface area contributed by atoms with E-state index in [9.17, 15) is 4.79 Å². The van der Waals surface area contributed by atoms with Crippen molar-refractivity contribution < 1.29 is 4.79 Å². The number of nitrogens with zero attached hydrogens (tertiary/aromatic N) is 2. The number of piperidine rings is 1. The van der Waals surface area contributed by atoms with Crippen LogP contribution in [-0.2, 0) is 6.54 Å². The molecule has 0 radical (unpaired) electrons. The maximum absolute atomic E-state index is 12.1. The molecular formula is C18H29N3O. The summed E-state index contributed by atoms with van der Waals surface area (Å²) in [7, 11) is 0. The largest absolute Gasteiger partial charge is 0.335 e. The van der Waals surface area contributed by atoms with Gasteiger partial charge in [0.15, 0.2) is 0 Å². The molecule has 4 heteroatoms. The van der Waals surface area contributed by atoms with Crippen molar-refractivity contribution in [3.05, 3.63) is 35.4 Å². The van der Waals surface area contributed by atoms with Gasteiger partial charge in [-0.15, -0.1) is 0 Å². The van der Waals surface area contributed by atoms with E-state index in [1.54, 1.807) is 0 Å². The lowest BCUT2D eigenvalue weighted by molar-refractivity contribution is 0.171. The molecule has 2 rings (SSSR count). The molecule has 22 heavy (non-hydrogen) atoms. The Morgan fingerprint density at radius 2 is 1.86 bits per heavy atom. The molecule has 1 aliphatic rings. The molecule has 0 spiro atoms. The summed E-state index contributed by atoms with van der Waals surface area (Å²) in [6.07, 6.45) is 2.08. The Hall–Kier alpha value is -1.55. The fraction of sp³-hybridized carbons (Fsp3) is 0.611. The van der Waals surface area contributed by atoms with E-state index in [1.165, 1.54) is 11.1 Å². The molecule has 0 aromatic heterocycles. The monoisotopic (exact) mass is 303 g/mol. The first-order valence-electron chi connectivity index (χ1n) is 8.46. The summed E-state index contributed by atoms with van der Waals surface area (Å²) in [6.45, 7) is 10.9. The highest BCUT2D eigenvalue weighted by molar-refractivity contribution is 5.74. The van der Waals surface area contributed by atoms with Gasteiger partial charge in [0.2, 0.25) is 0 Å². The Labute approximate surface area is 134 Å². The Bertz CT molecular complexity index is 477. The quantitative estimate of drug-likeness (QED) is 0.907. The predicted molar refractivity (Wildman–Crippen MR) is 90.9 cm³/mol. The van der Waals surface area contributed by atoms with E-state index >= 15 is 0 Å². The van der Waals surface area contributed by atoms with Crippen LogP contribution in [0.25, 0.3) is 0 Å². The van der Waals surface area contributed by atoms with E-state index in [1.807, 2.05) is 18.7 Å². The molecule has 1 fully saturated rings. The number of urea groups is 1. The molecule has 1 heterocycles. The molecule has 1 N–H and O–H groups in total. The van der Waals surface area contributed by atoms with Gasteiger partial charge >= 0.3 is 6.03 Å². The number of amides is 2. The van der Waals surface area contributed by atoms with Crippen LogP contribution in [0.5, 0.6) is 0 Å². The van der Waals surface area contributed by atoms with Crippen molar-refractivity contribution in [3.63, 3.8) is 0 Å². The Kier molecular flexibility index (Phi) is 6.25. The van der Waals surface area contributed by atoms with Gasteiger partial charge in [0.25, 0.3) is 0 Å². The van der Waals surface area contributed by atoms with Gasteiger partial charge in [0, 0.05) is 38.8 Å². The zero-order valence-electron chi connectivity index (χ0n) is 14.1. The van der Waals surface area contributed by atoms with Crippen LogP contribution in [0, 0.1) is 6.92 Å². The predicted octanol–water partition coefficient (Wildman–Crippen LogP) is 3.01. The number of likely N-dealkylation sites (tertiary alicyclic amines) is 1. The maximum Gasteiger partial charge on any atom is 0.317 e. The van der Waals surface area contributed by atoms with Gasteiger partial charge in [0.05, 0.1) is 0 Å². The van der Waals surface area contributed by atoms with Crippen molar-refractivity contribution in [2.24, 2.45) is 0 Å². The lowest BCUT2D eigenvalue weighted by atomic mass is 10.0. The molecule has 0 unspecified atom stereocenters. The van der Waals surface area contributed by atoms with Crippen LogP contribution in [0.4, 0.5) is 4.79 Å². The number of carbonyl (C=O) groups is 1. The smallest absolute Gasteiger partial charge is 0.317 e. The second-order valence-corrected chi connectivity index (χ2v) is 6.10. The molecule has 2 amide bonds. The average Bonchev–Trinajstić information content (AvgIpc) is 2.52. The lowest BCUT2D eigenvalue weighted by Gasteiger charge is -2.33. The zero-order valence-corrected chi connectivity index (χ0v) is 14.1. The third-order valence-corrected chi connectivity index (χ3v) is 4.62. The molecule has 4 nitrogen and oxygen atoms in total. The Morgan fingerprint density at radius 1 is 1.23 bits per heavy atom. The van der Waals surface area contributed by atoms with Crippen molar-refractivity contribution >= 4 is 6.03 Å². The van der Waals surface area contributed by atoms with Crippen molar-refractivity contribution in [3.8, 4) is 0 Å². The van der Waals surface area contributed by atoms with E-state index < -0.39 is 0 Å². The summed E-state index contributed by atoms with van der Waals surface area (Å²) in [4.78, 5) is 16.4. The maximum atomic E-state index is 12.1. The molecule has 1 aromatic rings. The van der Waals surface area contributed by atoms with Gasteiger partial charge in [-0.1, -0.05) is 24.3 Å². The van der Waals surface area contributed by atoms with Gasteiger partial charge in [-0.2, -0.15) is 0 Å². The Morgan fingerprint density at radius 3 is 2.45 bits per heavy atom. The Balaban J connectivity index is 1.78. The molecular weight excluding hydrogens is 274 g/mol. The highest BCUT2D eigenvalue weighted by Crippen LogP contribution is 2.16. The highest BCUT2D eigenvalue weighted by atomic mass is 16.2. The van der Waals surface area contributed by atoms with Crippen LogP contribution in [0.1, 0.15) is 37.8 Å². The second-order valence-electron chi connectivity index (χ2n) is 6.10. The summed E-state index contributed by atoms with van der Waals surface area (Å²) >= 11 is 0. The van der Waals surface area contributed by atoms with Crippen molar-refractivity contribution in [2.75, 3.05) is 26.2 Å². The average molecular weight is 303 g/mol. The highest BCUT2D eigenvalue weighted by Gasteiger charge is 2.22. The SMILES string of the molecule is CCN(CC)C(=O)NC1CCN(Cc2ccccc2C)CC1. The second kappa shape index (κ2) is 8.18. The van der Waals surface area contributed by atoms with Crippen LogP contribution >= 0.6 is 0 Å². The van der Waals surface area contributed by atoms with Gasteiger partial charge in [-0.25, -0.2) is 4.79 Å². The van der Waals surface area contributed by atoms with Crippen LogP contribution in [-0.4, -0.2) is 48.1 Å². The first-order valence-corrected chi connectivity index (χ1v) is 8.46. The number of hydrogen-bond acceptors (Lipinski definition) is 2. The normalized spacial score (nSPS) is 16.5. The number of rotatable bonds is 5. The van der Waals surface area contributed by atoms with Gasteiger partial charge in [-0.05, 0) is 44.7 Å². The van der Waals surface area contributed by atoms with Gasteiger partial charge in [0.1, 0.15) is 0 Å². The van der Waals surface area contributed by atoms with E-state index in [-0.39, 0.29) is 6.03 Å². The summed E-state index contributed by atoms with van der Waals surface area (Å²) < 4.78 is 0. The van der Waals surface area contributed by atoms with Gasteiger partial charge in [-0.3, -0.25) is 4.90 Å². The van der Waals surface area contributed by atoms with E-state index in [4.69, 9.17) is 0 Å². The summed E-state index contributed by atoms with van der Waals surface area (Å²) in [5, 5.41) is 3.18. The first-order chi connectivity index (χ1) is 10.6. The summed E-state index contributed by atoms with van der Waals surface area (Å²) in [6, 6.07) is 8.99. The summed E-state index contributed by atoms with van der Waals surface area (Å²) in [5.41, 5.74) is 2.77. The molecule has 1 aromatic carbocycles. The van der Waals surface area contributed by atoms with E-state index in [0.29, 0.717) is 6.04 Å². The molecule has 1 saturated heterocycles. The van der Waals surface area contributed by atoms with Crippen molar-refractivity contribution in [1.29, 1.82) is 0 Å². The molecule has 0 atom stereocenters. The number of benzene rings is 1. The van der Waals surface area contributed by atoms with Crippen molar-refractivity contribution in [2.45, 2.75) is 46.2 Å². The fourth-order valence-corrected chi connectivity index (χ4v) is 3.04. The minimum atomic E-state index is 0.0855. The van der Waals surface area contributed by atoms with Crippen LogP contribution < -0.4 is 5.32 Å². The third-order valence-electron chi connectivity index (χ3n) is 4.62. The minimum Gasteiger partial charge on any atom is -0.335 e. The lowest BCUT2D eigenvalue weighted by Crippen LogP contribution is -2.49. The number of nitrogens with one attached hydrogen (secondary N) is 1. The molecule has 0 saturated carbocycles. The van der Waals surface area contributed by atoms with Crippen LogP contribution in [0.15, 0.2) is 24.3 Å². The standard InChI is InChI=1S/C18H29N3O/c1-4-21(5-2)18(22)19-17-10-12-20(13-11-17)14-16-9-7-6-8-15(16)3/h6-9,17H,4-5,10-14H2,1-3H3,(H,19,22). The third kappa shape index (κ3) is 4.47. The van der Waals surface area contributed by atoms with E-state index in [2.05, 4.69) is 41.4 Å². The first kappa shape index (κ1) is 16.8. The van der Waals surface area contributed by atoms with E-state index in [0.717, 1.165) is 45.6 Å². The minimum absolute atomic E-state index is 0.0855. The molecule has 122 valence electrons. The summed E-state index contributed by atoms with van der Waals surface area (Å²) in [5.74, 6) is 0. The number of aryl methyl sites for hydroxylation is 1. The molecule has 0 bridgehead atoms. The topological polar surface area (TPSA) is 35.6 Å². The van der Waals surface area contributed by atoms with Gasteiger partial charge < -0.3 is 10.2 Å².